The van der Waals surface area contributed by atoms with E-state index >= 15 is 0 Å². The van der Waals surface area contributed by atoms with Gasteiger partial charge in [0.1, 0.15) is 5.82 Å². The second-order valence-electron chi connectivity index (χ2n) is 9.33. The van der Waals surface area contributed by atoms with Crippen LogP contribution in [0.2, 0.25) is 10.0 Å². The van der Waals surface area contributed by atoms with Gasteiger partial charge in [0.25, 0.3) is 0 Å². The van der Waals surface area contributed by atoms with Crippen molar-refractivity contribution in [2.75, 3.05) is 63.6 Å². The fourth-order valence-corrected chi connectivity index (χ4v) is 4.50. The summed E-state index contributed by atoms with van der Waals surface area (Å²) in [6, 6.07) is 6.73. The second kappa shape index (κ2) is 12.1. The quantitative estimate of drug-likeness (QED) is 0.270. The molecule has 1 aliphatic heterocycles. The maximum absolute atomic E-state index is 13.3. The van der Waals surface area contributed by atoms with Gasteiger partial charge >= 0.3 is 0 Å². The van der Waals surface area contributed by atoms with Gasteiger partial charge in [-0.1, -0.05) is 30.1 Å². The summed E-state index contributed by atoms with van der Waals surface area (Å²) < 4.78 is 0. The number of nitrogens with zero attached hydrogens (tertiary/aromatic N) is 5. The van der Waals surface area contributed by atoms with E-state index in [1.807, 2.05) is 25.9 Å². The third-order valence-corrected chi connectivity index (χ3v) is 7.00. The molecule has 1 aromatic heterocycles. The van der Waals surface area contributed by atoms with Gasteiger partial charge in [-0.2, -0.15) is 4.98 Å². The molecule has 10 nitrogen and oxygen atoms in total. The number of amides is 1. The first-order chi connectivity index (χ1) is 17.0. The number of aromatic nitrogens is 2. The van der Waals surface area contributed by atoms with Gasteiger partial charge < -0.3 is 26.2 Å². The van der Waals surface area contributed by atoms with Crippen molar-refractivity contribution in [3.63, 3.8) is 0 Å². The van der Waals surface area contributed by atoms with Crippen LogP contribution < -0.4 is 21.3 Å². The van der Waals surface area contributed by atoms with E-state index in [9.17, 15) is 4.79 Å². The molecule has 1 aromatic carbocycles. The van der Waals surface area contributed by atoms with Crippen LogP contribution in [-0.2, 0) is 4.79 Å². The molecule has 0 radical (unpaired) electrons. The molecule has 196 valence electrons. The standard InChI is InChI=1S/C24H35Cl2N9O/c1-5-34-10-8-24(15-34,21(36)29-9-11-33(3)4)14-30-20-12-16(2)31-23(32-20)35(22(27)28)17-6-7-18(25)19(26)13-17/h6-7,12-13H,5,8-11,14-15H2,1-4H3,(H3,27,28)(H,29,36)(H,30,31,32). The summed E-state index contributed by atoms with van der Waals surface area (Å²) >= 11 is 12.2. The molecule has 2 aromatic rings. The van der Waals surface area contributed by atoms with E-state index in [1.54, 1.807) is 24.3 Å². The first-order valence-corrected chi connectivity index (χ1v) is 12.6. The Kier molecular flexibility index (Phi) is 9.35. The van der Waals surface area contributed by atoms with Crippen molar-refractivity contribution in [3.8, 4) is 0 Å². The topological polar surface area (TPSA) is 126 Å². The Bertz CT molecular complexity index is 1100. The maximum atomic E-state index is 13.3. The van der Waals surface area contributed by atoms with Gasteiger partial charge in [0.2, 0.25) is 11.9 Å². The van der Waals surface area contributed by atoms with Gasteiger partial charge in [0.15, 0.2) is 5.96 Å². The number of carbonyl (C=O) groups is 1. The van der Waals surface area contributed by atoms with E-state index < -0.39 is 5.41 Å². The highest BCUT2D eigenvalue weighted by Gasteiger charge is 2.44. The lowest BCUT2D eigenvalue weighted by Gasteiger charge is -2.29. The lowest BCUT2D eigenvalue weighted by molar-refractivity contribution is -0.129. The first-order valence-electron chi connectivity index (χ1n) is 11.9. The summed E-state index contributed by atoms with van der Waals surface area (Å²) in [5.41, 5.74) is 6.51. The molecule has 1 atom stereocenters. The first kappa shape index (κ1) is 27.9. The molecule has 0 aliphatic carbocycles. The molecule has 1 aliphatic rings. The van der Waals surface area contributed by atoms with Crippen molar-refractivity contribution in [3.05, 3.63) is 40.0 Å². The number of guanidine groups is 1. The number of benzene rings is 1. The summed E-state index contributed by atoms with van der Waals surface area (Å²) in [5.74, 6) is 0.532. The van der Waals surface area contributed by atoms with E-state index in [1.165, 1.54) is 4.90 Å². The van der Waals surface area contributed by atoms with Gasteiger partial charge in [-0.15, -0.1) is 0 Å². The van der Waals surface area contributed by atoms with E-state index in [-0.39, 0.29) is 17.8 Å². The van der Waals surface area contributed by atoms with Gasteiger partial charge in [-0.25, -0.2) is 9.88 Å². The number of nitrogens with one attached hydrogen (secondary N) is 3. The minimum Gasteiger partial charge on any atom is -0.369 e. The number of likely N-dealkylation sites (tertiary alicyclic amines) is 1. The Hall–Kier alpha value is -2.66. The van der Waals surface area contributed by atoms with Crippen LogP contribution in [0.4, 0.5) is 17.5 Å². The molecule has 2 heterocycles. The number of anilines is 3. The van der Waals surface area contributed by atoms with Crippen LogP contribution in [0.15, 0.2) is 24.3 Å². The Morgan fingerprint density at radius 3 is 2.61 bits per heavy atom. The third kappa shape index (κ3) is 6.76. The molecule has 1 unspecified atom stereocenters. The minimum atomic E-state index is -0.578. The molecule has 3 rings (SSSR count). The molecule has 0 saturated carbocycles. The van der Waals surface area contributed by atoms with Crippen LogP contribution in [0.3, 0.4) is 0 Å². The fraction of sp³-hybridized carbons (Fsp3) is 0.500. The summed E-state index contributed by atoms with van der Waals surface area (Å²) in [7, 11) is 3.96. The van der Waals surface area contributed by atoms with Crippen LogP contribution in [0.25, 0.3) is 0 Å². The molecule has 1 saturated heterocycles. The Labute approximate surface area is 222 Å². The molecule has 5 N–H and O–H groups in total. The van der Waals surface area contributed by atoms with Crippen LogP contribution >= 0.6 is 23.2 Å². The Morgan fingerprint density at radius 2 is 2.00 bits per heavy atom. The number of hydrogen-bond donors (Lipinski definition) is 4. The van der Waals surface area contributed by atoms with E-state index in [4.69, 9.17) is 34.3 Å². The zero-order valence-corrected chi connectivity index (χ0v) is 22.7. The summed E-state index contributed by atoms with van der Waals surface area (Å²) in [5, 5.41) is 15.3. The van der Waals surface area contributed by atoms with Crippen molar-refractivity contribution < 1.29 is 4.79 Å². The molecular formula is C24H35Cl2N9O. The smallest absolute Gasteiger partial charge is 0.239 e. The zero-order chi connectivity index (χ0) is 26.5. The average molecular weight is 537 g/mol. The van der Waals surface area contributed by atoms with Crippen LogP contribution in [-0.4, -0.2) is 85.0 Å². The number of rotatable bonds is 10. The van der Waals surface area contributed by atoms with Gasteiger partial charge in [0, 0.05) is 37.9 Å². The zero-order valence-electron chi connectivity index (χ0n) is 21.2. The monoisotopic (exact) mass is 535 g/mol. The Balaban J connectivity index is 1.84. The summed E-state index contributed by atoms with van der Waals surface area (Å²) in [6.45, 7) is 8.15. The highest BCUT2D eigenvalue weighted by atomic mass is 35.5. The molecule has 0 spiro atoms. The molecule has 0 bridgehead atoms. The lowest BCUT2D eigenvalue weighted by atomic mass is 9.85. The molecule has 1 fully saturated rings. The van der Waals surface area contributed by atoms with Crippen molar-refractivity contribution in [1.82, 2.24) is 25.1 Å². The van der Waals surface area contributed by atoms with E-state index in [0.29, 0.717) is 46.9 Å². The molecular weight excluding hydrogens is 501 g/mol. The molecule has 36 heavy (non-hydrogen) atoms. The van der Waals surface area contributed by atoms with E-state index in [2.05, 4.69) is 32.4 Å². The average Bonchev–Trinajstić information content (AvgIpc) is 3.24. The van der Waals surface area contributed by atoms with Crippen LogP contribution in [0, 0.1) is 17.7 Å². The number of aryl methyl sites for hydroxylation is 1. The summed E-state index contributed by atoms with van der Waals surface area (Å²) in [6.07, 6.45) is 0.751. The van der Waals surface area contributed by atoms with Crippen molar-refractivity contribution >= 4 is 52.5 Å². The van der Waals surface area contributed by atoms with Crippen LogP contribution in [0.5, 0.6) is 0 Å². The third-order valence-electron chi connectivity index (χ3n) is 6.26. The number of likely N-dealkylation sites (N-methyl/N-ethyl adjacent to an activating group) is 1. The number of carbonyl (C=O) groups excluding carboxylic acids is 1. The van der Waals surface area contributed by atoms with Gasteiger partial charge in [0.05, 0.1) is 21.1 Å². The summed E-state index contributed by atoms with van der Waals surface area (Å²) in [4.78, 5) is 28.1. The van der Waals surface area contributed by atoms with Crippen molar-refractivity contribution in [2.24, 2.45) is 11.1 Å². The highest BCUT2D eigenvalue weighted by molar-refractivity contribution is 6.42. The maximum Gasteiger partial charge on any atom is 0.239 e. The van der Waals surface area contributed by atoms with Gasteiger partial charge in [-0.3, -0.25) is 10.2 Å². The molecule has 1 amide bonds. The van der Waals surface area contributed by atoms with Gasteiger partial charge in [-0.05, 0) is 58.7 Å². The SMILES string of the molecule is CCN1CCC(CNc2cc(C)nc(N(C(=N)N)c3ccc(Cl)c(Cl)c3)n2)(C(=O)NCCN(C)C)C1. The van der Waals surface area contributed by atoms with Crippen LogP contribution in [0.1, 0.15) is 19.0 Å². The normalized spacial score (nSPS) is 17.9. The van der Waals surface area contributed by atoms with Crippen molar-refractivity contribution in [1.29, 1.82) is 5.41 Å². The minimum absolute atomic E-state index is 0.0416. The highest BCUT2D eigenvalue weighted by Crippen LogP contribution is 2.33. The van der Waals surface area contributed by atoms with E-state index in [0.717, 1.165) is 26.1 Å². The number of nitrogens with two attached hydrogens (primary N) is 1. The predicted molar refractivity (Wildman–Crippen MR) is 147 cm³/mol. The van der Waals surface area contributed by atoms with Crippen molar-refractivity contribution in [2.45, 2.75) is 20.3 Å². The fourth-order valence-electron chi connectivity index (χ4n) is 4.21. The lowest BCUT2D eigenvalue weighted by Crippen LogP contribution is -2.48. The largest absolute Gasteiger partial charge is 0.369 e. The predicted octanol–water partition coefficient (Wildman–Crippen LogP) is 2.93. The molecule has 12 heteroatoms. The Morgan fingerprint density at radius 1 is 1.25 bits per heavy atom. The number of halogens is 2. The second-order valence-corrected chi connectivity index (χ2v) is 10.1. The number of hydrogen-bond acceptors (Lipinski definition) is 7.